The first-order valence-corrected chi connectivity index (χ1v) is 6.91. The molecular weight excluding hydrogens is 237 g/mol. The van der Waals surface area contributed by atoms with Crippen LogP contribution in [0.15, 0.2) is 24.3 Å². The molecule has 1 aliphatic heterocycles. The molecule has 4 heteroatoms. The molecule has 1 saturated heterocycles. The van der Waals surface area contributed by atoms with Gasteiger partial charge in [0.05, 0.1) is 6.42 Å². The SMILES string of the molecule is O=C(Cc1cccc(F)c1)NC[C@H]1CCCS1. The largest absolute Gasteiger partial charge is 0.355 e. The molecule has 2 rings (SSSR count). The third kappa shape index (κ3) is 4.04. The second-order valence-electron chi connectivity index (χ2n) is 4.25. The fraction of sp³-hybridized carbons (Fsp3) is 0.462. The maximum Gasteiger partial charge on any atom is 0.224 e. The van der Waals surface area contributed by atoms with Crippen LogP contribution in [0, 0.1) is 5.82 Å². The topological polar surface area (TPSA) is 29.1 Å². The monoisotopic (exact) mass is 253 g/mol. The van der Waals surface area contributed by atoms with Gasteiger partial charge in [-0.05, 0) is 36.3 Å². The van der Waals surface area contributed by atoms with Crippen molar-refractivity contribution in [2.24, 2.45) is 0 Å². The molecule has 0 unspecified atom stereocenters. The summed E-state index contributed by atoms with van der Waals surface area (Å²) in [7, 11) is 0. The van der Waals surface area contributed by atoms with Gasteiger partial charge in [0, 0.05) is 11.8 Å². The number of carbonyl (C=O) groups is 1. The molecule has 0 saturated carbocycles. The maximum atomic E-state index is 12.9. The van der Waals surface area contributed by atoms with Crippen molar-refractivity contribution in [3.8, 4) is 0 Å². The van der Waals surface area contributed by atoms with Gasteiger partial charge >= 0.3 is 0 Å². The second-order valence-corrected chi connectivity index (χ2v) is 5.65. The Balaban J connectivity index is 1.76. The van der Waals surface area contributed by atoms with Crippen molar-refractivity contribution in [2.75, 3.05) is 12.3 Å². The van der Waals surface area contributed by atoms with Crippen molar-refractivity contribution in [3.63, 3.8) is 0 Å². The molecule has 0 aliphatic carbocycles. The lowest BCUT2D eigenvalue weighted by molar-refractivity contribution is -0.120. The Morgan fingerprint density at radius 2 is 2.41 bits per heavy atom. The number of hydrogen-bond donors (Lipinski definition) is 1. The molecule has 1 aromatic rings. The molecule has 1 aliphatic rings. The highest BCUT2D eigenvalue weighted by Crippen LogP contribution is 2.25. The average molecular weight is 253 g/mol. The molecule has 1 heterocycles. The number of halogens is 1. The van der Waals surface area contributed by atoms with Crippen LogP contribution < -0.4 is 5.32 Å². The average Bonchev–Trinajstić information content (AvgIpc) is 2.79. The molecular formula is C13H16FNOS. The molecule has 92 valence electrons. The van der Waals surface area contributed by atoms with Crippen LogP contribution >= 0.6 is 11.8 Å². The molecule has 1 aromatic carbocycles. The summed E-state index contributed by atoms with van der Waals surface area (Å²) in [6.45, 7) is 0.735. The van der Waals surface area contributed by atoms with E-state index in [9.17, 15) is 9.18 Å². The Morgan fingerprint density at radius 3 is 3.12 bits per heavy atom. The van der Waals surface area contributed by atoms with Gasteiger partial charge in [-0.25, -0.2) is 4.39 Å². The van der Waals surface area contributed by atoms with Gasteiger partial charge in [-0.3, -0.25) is 4.79 Å². The first kappa shape index (κ1) is 12.4. The highest BCUT2D eigenvalue weighted by Gasteiger charge is 2.16. The van der Waals surface area contributed by atoms with Crippen molar-refractivity contribution in [1.82, 2.24) is 5.32 Å². The fourth-order valence-corrected chi connectivity index (χ4v) is 3.13. The van der Waals surface area contributed by atoms with E-state index in [-0.39, 0.29) is 18.1 Å². The fourth-order valence-electron chi connectivity index (χ4n) is 1.93. The van der Waals surface area contributed by atoms with Crippen LogP contribution in [0.2, 0.25) is 0 Å². The summed E-state index contributed by atoms with van der Waals surface area (Å²) in [5.41, 5.74) is 0.724. The lowest BCUT2D eigenvalue weighted by atomic mass is 10.1. The highest BCUT2D eigenvalue weighted by molar-refractivity contribution is 8.00. The molecule has 1 atom stereocenters. The van der Waals surface area contributed by atoms with Crippen molar-refractivity contribution in [1.29, 1.82) is 0 Å². The Labute approximate surface area is 105 Å². The van der Waals surface area contributed by atoms with Crippen LogP contribution in [0.3, 0.4) is 0 Å². The van der Waals surface area contributed by atoms with E-state index in [0.29, 0.717) is 5.25 Å². The van der Waals surface area contributed by atoms with Crippen LogP contribution in [-0.2, 0) is 11.2 Å². The predicted molar refractivity (Wildman–Crippen MR) is 68.6 cm³/mol. The zero-order valence-corrected chi connectivity index (χ0v) is 10.4. The second kappa shape index (κ2) is 6.05. The lowest BCUT2D eigenvalue weighted by Crippen LogP contribution is -2.30. The number of amides is 1. The van der Waals surface area contributed by atoms with Crippen LogP contribution in [0.25, 0.3) is 0 Å². The third-order valence-electron chi connectivity index (χ3n) is 2.80. The Hall–Kier alpha value is -1.03. The van der Waals surface area contributed by atoms with Gasteiger partial charge in [0.2, 0.25) is 5.91 Å². The van der Waals surface area contributed by atoms with Gasteiger partial charge in [-0.1, -0.05) is 12.1 Å². The van der Waals surface area contributed by atoms with Crippen LogP contribution in [0.4, 0.5) is 4.39 Å². The zero-order chi connectivity index (χ0) is 12.1. The van der Waals surface area contributed by atoms with Gasteiger partial charge in [-0.15, -0.1) is 0 Å². The van der Waals surface area contributed by atoms with Crippen molar-refractivity contribution >= 4 is 17.7 Å². The molecule has 2 nitrogen and oxygen atoms in total. The summed E-state index contributed by atoms with van der Waals surface area (Å²) in [6.07, 6.45) is 2.69. The number of hydrogen-bond acceptors (Lipinski definition) is 2. The van der Waals surface area contributed by atoms with E-state index in [1.807, 2.05) is 11.8 Å². The minimum absolute atomic E-state index is 0.0249. The van der Waals surface area contributed by atoms with Crippen LogP contribution in [0.5, 0.6) is 0 Å². The number of nitrogens with one attached hydrogen (secondary N) is 1. The standard InChI is InChI=1S/C13H16FNOS/c14-11-4-1-3-10(7-11)8-13(16)15-9-12-5-2-6-17-12/h1,3-4,7,12H,2,5-6,8-9H2,(H,15,16)/t12-/m1/s1. The number of carbonyl (C=O) groups excluding carboxylic acids is 1. The Bertz CT molecular complexity index is 391. The van der Waals surface area contributed by atoms with Crippen molar-refractivity contribution in [2.45, 2.75) is 24.5 Å². The Morgan fingerprint density at radius 1 is 1.53 bits per heavy atom. The molecule has 0 spiro atoms. The van der Waals surface area contributed by atoms with E-state index in [0.717, 1.165) is 12.1 Å². The molecule has 0 bridgehead atoms. The lowest BCUT2D eigenvalue weighted by Gasteiger charge is -2.10. The number of benzene rings is 1. The first-order valence-electron chi connectivity index (χ1n) is 5.87. The molecule has 0 aromatic heterocycles. The highest BCUT2D eigenvalue weighted by atomic mass is 32.2. The third-order valence-corrected chi connectivity index (χ3v) is 4.20. The van der Waals surface area contributed by atoms with E-state index in [1.165, 1.54) is 30.7 Å². The van der Waals surface area contributed by atoms with Gasteiger partial charge < -0.3 is 5.32 Å². The molecule has 1 fully saturated rings. The predicted octanol–water partition coefficient (Wildman–Crippen LogP) is 2.38. The van der Waals surface area contributed by atoms with Gasteiger partial charge in [-0.2, -0.15) is 11.8 Å². The van der Waals surface area contributed by atoms with E-state index < -0.39 is 0 Å². The normalized spacial score (nSPS) is 19.2. The Kier molecular flexibility index (Phi) is 4.42. The van der Waals surface area contributed by atoms with Gasteiger partial charge in [0.15, 0.2) is 0 Å². The zero-order valence-electron chi connectivity index (χ0n) is 9.62. The molecule has 1 N–H and O–H groups in total. The molecule has 17 heavy (non-hydrogen) atoms. The van der Waals surface area contributed by atoms with Crippen LogP contribution in [0.1, 0.15) is 18.4 Å². The smallest absolute Gasteiger partial charge is 0.224 e. The van der Waals surface area contributed by atoms with E-state index in [2.05, 4.69) is 5.32 Å². The number of thioether (sulfide) groups is 1. The summed E-state index contributed by atoms with van der Waals surface area (Å²) < 4.78 is 12.9. The first-order chi connectivity index (χ1) is 8.24. The van der Waals surface area contributed by atoms with Gasteiger partial charge in [0.25, 0.3) is 0 Å². The molecule has 0 radical (unpaired) electrons. The summed E-state index contributed by atoms with van der Waals surface area (Å²) in [6, 6.07) is 6.19. The number of rotatable bonds is 4. The minimum atomic E-state index is -0.290. The summed E-state index contributed by atoms with van der Waals surface area (Å²) in [4.78, 5) is 11.6. The summed E-state index contributed by atoms with van der Waals surface area (Å²) in [5.74, 6) is 0.884. The maximum absolute atomic E-state index is 12.9. The minimum Gasteiger partial charge on any atom is -0.355 e. The quantitative estimate of drug-likeness (QED) is 0.892. The van der Waals surface area contributed by atoms with E-state index in [4.69, 9.17) is 0 Å². The van der Waals surface area contributed by atoms with E-state index >= 15 is 0 Å². The van der Waals surface area contributed by atoms with Crippen LogP contribution in [-0.4, -0.2) is 23.5 Å². The summed E-state index contributed by atoms with van der Waals surface area (Å²) in [5, 5.41) is 3.47. The van der Waals surface area contributed by atoms with E-state index in [1.54, 1.807) is 12.1 Å². The van der Waals surface area contributed by atoms with Gasteiger partial charge in [0.1, 0.15) is 5.82 Å². The van der Waals surface area contributed by atoms with Crippen molar-refractivity contribution < 1.29 is 9.18 Å². The summed E-state index contributed by atoms with van der Waals surface area (Å²) >= 11 is 1.92. The van der Waals surface area contributed by atoms with Crippen molar-refractivity contribution in [3.05, 3.63) is 35.6 Å². The molecule has 1 amide bonds.